The van der Waals surface area contributed by atoms with E-state index in [0.29, 0.717) is 5.69 Å². The topological polar surface area (TPSA) is 55.1 Å². The Kier molecular flexibility index (Phi) is 3.68. The molecule has 0 saturated heterocycles. The molecule has 2 aromatic rings. The Morgan fingerprint density at radius 1 is 1.33 bits per heavy atom. The standard InChI is InChI=1S/C16H14BrFN2O/c17-13-3-1-2-11-10(13)5-7-15(11)20-9-4-6-14(18)12(8-9)16(19)21/h1-4,6,8,15,20H,5,7H2,(H2,19,21). The number of hydrogen-bond donors (Lipinski definition) is 2. The van der Waals surface area contributed by atoms with Crippen molar-refractivity contribution in [3.63, 3.8) is 0 Å². The molecule has 108 valence electrons. The highest BCUT2D eigenvalue weighted by atomic mass is 79.9. The van der Waals surface area contributed by atoms with Crippen molar-refractivity contribution in [1.82, 2.24) is 0 Å². The summed E-state index contributed by atoms with van der Waals surface area (Å²) in [5, 5.41) is 3.35. The van der Waals surface area contributed by atoms with Crippen molar-refractivity contribution in [1.29, 1.82) is 0 Å². The van der Waals surface area contributed by atoms with Crippen LogP contribution in [0.1, 0.15) is 33.9 Å². The molecule has 1 aliphatic carbocycles. The van der Waals surface area contributed by atoms with Crippen LogP contribution in [0.2, 0.25) is 0 Å². The minimum atomic E-state index is -0.759. The van der Waals surface area contributed by atoms with E-state index in [9.17, 15) is 9.18 Å². The van der Waals surface area contributed by atoms with Crippen molar-refractivity contribution in [2.24, 2.45) is 5.73 Å². The van der Waals surface area contributed by atoms with Gasteiger partial charge in [-0.05, 0) is 48.2 Å². The van der Waals surface area contributed by atoms with Gasteiger partial charge in [0.2, 0.25) is 0 Å². The summed E-state index contributed by atoms with van der Waals surface area (Å²) in [4.78, 5) is 11.2. The summed E-state index contributed by atoms with van der Waals surface area (Å²) in [5.41, 5.74) is 8.31. The highest BCUT2D eigenvalue weighted by molar-refractivity contribution is 9.10. The maximum absolute atomic E-state index is 13.5. The maximum atomic E-state index is 13.5. The number of anilines is 1. The lowest BCUT2D eigenvalue weighted by atomic mass is 10.1. The van der Waals surface area contributed by atoms with E-state index in [4.69, 9.17) is 5.73 Å². The predicted molar refractivity (Wildman–Crippen MR) is 83.7 cm³/mol. The number of benzene rings is 2. The fraction of sp³-hybridized carbons (Fsp3) is 0.188. The Bertz CT molecular complexity index is 717. The molecule has 0 spiro atoms. The minimum Gasteiger partial charge on any atom is -0.378 e. The van der Waals surface area contributed by atoms with Gasteiger partial charge >= 0.3 is 0 Å². The van der Waals surface area contributed by atoms with Crippen LogP contribution in [0.3, 0.4) is 0 Å². The number of carbonyl (C=O) groups is 1. The number of rotatable bonds is 3. The van der Waals surface area contributed by atoms with Gasteiger partial charge in [-0.2, -0.15) is 0 Å². The number of nitrogens with one attached hydrogen (secondary N) is 1. The molecule has 0 aromatic heterocycles. The molecule has 5 heteroatoms. The average molecular weight is 349 g/mol. The van der Waals surface area contributed by atoms with Crippen LogP contribution in [-0.4, -0.2) is 5.91 Å². The molecule has 2 aromatic carbocycles. The zero-order valence-corrected chi connectivity index (χ0v) is 12.8. The highest BCUT2D eigenvalue weighted by Crippen LogP contribution is 2.37. The molecule has 1 aliphatic rings. The van der Waals surface area contributed by atoms with Gasteiger partial charge in [-0.3, -0.25) is 4.79 Å². The molecular formula is C16H14BrFN2O. The van der Waals surface area contributed by atoms with E-state index < -0.39 is 11.7 Å². The Balaban J connectivity index is 1.88. The van der Waals surface area contributed by atoms with Crippen molar-refractivity contribution in [3.8, 4) is 0 Å². The second kappa shape index (κ2) is 5.48. The van der Waals surface area contributed by atoms with Crippen molar-refractivity contribution >= 4 is 27.5 Å². The summed E-state index contributed by atoms with van der Waals surface area (Å²) in [7, 11) is 0. The second-order valence-corrected chi connectivity index (χ2v) is 5.96. The van der Waals surface area contributed by atoms with Crippen molar-refractivity contribution in [2.45, 2.75) is 18.9 Å². The molecule has 0 radical (unpaired) electrons. The molecule has 1 amide bonds. The lowest BCUT2D eigenvalue weighted by Gasteiger charge is -2.16. The smallest absolute Gasteiger partial charge is 0.251 e. The molecule has 21 heavy (non-hydrogen) atoms. The number of hydrogen-bond acceptors (Lipinski definition) is 2. The van der Waals surface area contributed by atoms with Crippen LogP contribution in [0.15, 0.2) is 40.9 Å². The number of nitrogens with two attached hydrogens (primary N) is 1. The molecule has 0 fully saturated rings. The third-order valence-corrected chi connectivity index (χ3v) is 4.53. The lowest BCUT2D eigenvalue weighted by molar-refractivity contribution is 0.0996. The van der Waals surface area contributed by atoms with E-state index in [1.54, 1.807) is 6.07 Å². The molecule has 3 nitrogen and oxygen atoms in total. The summed E-state index contributed by atoms with van der Waals surface area (Å²) < 4.78 is 14.6. The first-order chi connectivity index (χ1) is 10.1. The molecule has 1 atom stereocenters. The minimum absolute atomic E-state index is 0.0903. The molecule has 3 rings (SSSR count). The van der Waals surface area contributed by atoms with Gasteiger partial charge in [-0.25, -0.2) is 4.39 Å². The molecular weight excluding hydrogens is 335 g/mol. The van der Waals surface area contributed by atoms with E-state index in [0.717, 1.165) is 17.3 Å². The van der Waals surface area contributed by atoms with E-state index in [1.807, 2.05) is 12.1 Å². The number of fused-ring (bicyclic) bond motifs is 1. The summed E-state index contributed by atoms with van der Waals surface area (Å²) in [5.74, 6) is -1.35. The van der Waals surface area contributed by atoms with Gasteiger partial charge in [0, 0.05) is 10.2 Å². The number of amides is 1. The summed E-state index contributed by atoms with van der Waals surface area (Å²) in [6.45, 7) is 0. The van der Waals surface area contributed by atoms with Crippen LogP contribution in [0, 0.1) is 5.82 Å². The molecule has 0 heterocycles. The number of primary amides is 1. The van der Waals surface area contributed by atoms with Crippen LogP contribution < -0.4 is 11.1 Å². The lowest BCUT2D eigenvalue weighted by Crippen LogP contribution is -2.14. The number of halogens is 2. The SMILES string of the molecule is NC(=O)c1cc(NC2CCc3c(Br)cccc32)ccc1F. The van der Waals surface area contributed by atoms with Gasteiger partial charge in [0.1, 0.15) is 5.82 Å². The Labute approximate surface area is 130 Å². The third-order valence-electron chi connectivity index (χ3n) is 3.79. The van der Waals surface area contributed by atoms with Crippen molar-refractivity contribution < 1.29 is 9.18 Å². The van der Waals surface area contributed by atoms with Crippen LogP contribution in [0.25, 0.3) is 0 Å². The predicted octanol–water partition coefficient (Wildman–Crippen LogP) is 3.79. The van der Waals surface area contributed by atoms with Gasteiger partial charge in [-0.1, -0.05) is 28.1 Å². The van der Waals surface area contributed by atoms with E-state index in [1.165, 1.54) is 23.3 Å². The zero-order chi connectivity index (χ0) is 15.0. The Morgan fingerprint density at radius 3 is 2.90 bits per heavy atom. The first-order valence-corrected chi connectivity index (χ1v) is 7.48. The molecule has 0 bridgehead atoms. The molecule has 0 aliphatic heterocycles. The van der Waals surface area contributed by atoms with Crippen LogP contribution in [-0.2, 0) is 6.42 Å². The monoisotopic (exact) mass is 348 g/mol. The maximum Gasteiger partial charge on any atom is 0.251 e. The normalized spacial score (nSPS) is 16.6. The average Bonchev–Trinajstić information content (AvgIpc) is 2.85. The van der Waals surface area contributed by atoms with Gasteiger partial charge in [0.05, 0.1) is 11.6 Å². The third kappa shape index (κ3) is 2.65. The molecule has 1 unspecified atom stereocenters. The van der Waals surface area contributed by atoms with Crippen LogP contribution in [0.5, 0.6) is 0 Å². The fourth-order valence-electron chi connectivity index (χ4n) is 2.76. The Hall–Kier alpha value is -1.88. The van der Waals surface area contributed by atoms with Crippen LogP contribution in [0.4, 0.5) is 10.1 Å². The van der Waals surface area contributed by atoms with E-state index in [2.05, 4.69) is 27.3 Å². The summed E-state index contributed by atoms with van der Waals surface area (Å²) in [6, 6.07) is 10.6. The largest absolute Gasteiger partial charge is 0.378 e. The fourth-order valence-corrected chi connectivity index (χ4v) is 3.34. The van der Waals surface area contributed by atoms with E-state index >= 15 is 0 Å². The quantitative estimate of drug-likeness (QED) is 0.886. The number of carbonyl (C=O) groups excluding carboxylic acids is 1. The van der Waals surface area contributed by atoms with Gasteiger partial charge in [0.25, 0.3) is 5.91 Å². The second-order valence-electron chi connectivity index (χ2n) is 5.10. The van der Waals surface area contributed by atoms with Gasteiger partial charge in [-0.15, -0.1) is 0 Å². The summed E-state index contributed by atoms with van der Waals surface area (Å²) >= 11 is 3.56. The summed E-state index contributed by atoms with van der Waals surface area (Å²) in [6.07, 6.45) is 1.94. The van der Waals surface area contributed by atoms with Crippen molar-refractivity contribution in [3.05, 3.63) is 63.4 Å². The van der Waals surface area contributed by atoms with Gasteiger partial charge < -0.3 is 11.1 Å². The first kappa shape index (κ1) is 14.1. The Morgan fingerprint density at radius 2 is 2.14 bits per heavy atom. The van der Waals surface area contributed by atoms with Gasteiger partial charge in [0.15, 0.2) is 0 Å². The van der Waals surface area contributed by atoms with Crippen LogP contribution >= 0.6 is 15.9 Å². The first-order valence-electron chi connectivity index (χ1n) is 6.69. The highest BCUT2D eigenvalue weighted by Gasteiger charge is 2.24. The molecule has 3 N–H and O–H groups in total. The van der Waals surface area contributed by atoms with E-state index in [-0.39, 0.29) is 11.6 Å². The molecule has 0 saturated carbocycles. The zero-order valence-electron chi connectivity index (χ0n) is 11.2. The van der Waals surface area contributed by atoms with Crippen molar-refractivity contribution in [2.75, 3.05) is 5.32 Å².